The van der Waals surface area contributed by atoms with Gasteiger partial charge in [-0.05, 0) is 13.0 Å². The number of carbonyl (C=O) groups excluding carboxylic acids is 1. The van der Waals surface area contributed by atoms with Gasteiger partial charge in [-0.15, -0.1) is 0 Å². The average Bonchev–Trinajstić information content (AvgIpc) is 2.55. The first kappa shape index (κ1) is 19.5. The third kappa shape index (κ3) is 5.36. The van der Waals surface area contributed by atoms with E-state index in [-0.39, 0.29) is 18.4 Å². The Bertz CT molecular complexity index is 411. The van der Waals surface area contributed by atoms with Crippen molar-refractivity contribution in [2.45, 2.75) is 39.2 Å². The maximum Gasteiger partial charge on any atom is 0.280 e. The highest BCUT2D eigenvalue weighted by Gasteiger charge is 2.45. The third-order valence-electron chi connectivity index (χ3n) is 5.16. The maximum absolute atomic E-state index is 14.3. The van der Waals surface area contributed by atoms with E-state index in [1.807, 2.05) is 4.90 Å². The SMILES string of the molecule is CCN1CCN(CCN2CCC(NC(=O)C(C)C)C(F)(F)C2)CC1. The zero-order chi connectivity index (χ0) is 17.7. The summed E-state index contributed by atoms with van der Waals surface area (Å²) in [6.07, 6.45) is 0.315. The Balaban J connectivity index is 1.74. The smallest absolute Gasteiger partial charge is 0.280 e. The van der Waals surface area contributed by atoms with E-state index in [1.54, 1.807) is 13.8 Å². The second kappa shape index (κ2) is 8.54. The van der Waals surface area contributed by atoms with Crippen LogP contribution in [0.2, 0.25) is 0 Å². The maximum atomic E-state index is 14.3. The molecule has 1 atom stereocenters. The van der Waals surface area contributed by atoms with Gasteiger partial charge in [-0.1, -0.05) is 20.8 Å². The molecule has 0 saturated carbocycles. The lowest BCUT2D eigenvalue weighted by Crippen LogP contribution is -2.59. The molecule has 0 aliphatic carbocycles. The lowest BCUT2D eigenvalue weighted by molar-refractivity contribution is -0.133. The van der Waals surface area contributed by atoms with Crippen LogP contribution in [0, 0.1) is 5.92 Å². The number of rotatable bonds is 6. The van der Waals surface area contributed by atoms with Gasteiger partial charge in [-0.25, -0.2) is 8.78 Å². The molecule has 0 aromatic rings. The number of halogens is 2. The van der Waals surface area contributed by atoms with E-state index in [2.05, 4.69) is 22.0 Å². The predicted molar refractivity (Wildman–Crippen MR) is 91.3 cm³/mol. The molecule has 0 aromatic carbocycles. The van der Waals surface area contributed by atoms with E-state index in [4.69, 9.17) is 0 Å². The number of nitrogens with zero attached hydrogens (tertiary/aromatic N) is 3. The van der Waals surface area contributed by atoms with Crippen LogP contribution in [0.1, 0.15) is 27.2 Å². The molecule has 2 rings (SSSR count). The summed E-state index contributed by atoms with van der Waals surface area (Å²) in [4.78, 5) is 18.3. The van der Waals surface area contributed by atoms with Crippen LogP contribution in [0.3, 0.4) is 0 Å². The van der Waals surface area contributed by atoms with Crippen LogP contribution in [0.15, 0.2) is 0 Å². The second-order valence-electron chi connectivity index (χ2n) is 7.32. The van der Waals surface area contributed by atoms with Crippen LogP contribution >= 0.6 is 0 Å². The quantitative estimate of drug-likeness (QED) is 0.782. The zero-order valence-electron chi connectivity index (χ0n) is 15.2. The molecule has 1 amide bonds. The number of likely N-dealkylation sites (tertiary alicyclic amines) is 1. The first-order valence-electron chi connectivity index (χ1n) is 9.17. The van der Waals surface area contributed by atoms with Crippen LogP contribution in [-0.2, 0) is 4.79 Å². The van der Waals surface area contributed by atoms with Crippen molar-refractivity contribution in [1.29, 1.82) is 0 Å². The summed E-state index contributed by atoms with van der Waals surface area (Å²) >= 11 is 0. The van der Waals surface area contributed by atoms with Crippen molar-refractivity contribution in [3.05, 3.63) is 0 Å². The molecular weight excluding hydrogens is 314 g/mol. The summed E-state index contributed by atoms with van der Waals surface area (Å²) in [6, 6.07) is -1.03. The van der Waals surface area contributed by atoms with Crippen molar-refractivity contribution < 1.29 is 13.6 Å². The molecule has 140 valence electrons. The number of carbonyl (C=O) groups is 1. The molecule has 24 heavy (non-hydrogen) atoms. The van der Waals surface area contributed by atoms with Crippen molar-refractivity contribution in [2.24, 2.45) is 5.92 Å². The summed E-state index contributed by atoms with van der Waals surface area (Å²) in [7, 11) is 0. The molecule has 5 nitrogen and oxygen atoms in total. The fourth-order valence-electron chi connectivity index (χ4n) is 3.33. The molecule has 2 aliphatic heterocycles. The Kier molecular flexibility index (Phi) is 6.95. The van der Waals surface area contributed by atoms with Gasteiger partial charge in [-0.2, -0.15) is 0 Å². The van der Waals surface area contributed by atoms with Gasteiger partial charge in [0.25, 0.3) is 5.92 Å². The summed E-state index contributed by atoms with van der Waals surface area (Å²) in [5.41, 5.74) is 0. The van der Waals surface area contributed by atoms with E-state index in [9.17, 15) is 13.6 Å². The Morgan fingerprint density at radius 3 is 2.21 bits per heavy atom. The fraction of sp³-hybridized carbons (Fsp3) is 0.941. The van der Waals surface area contributed by atoms with Crippen LogP contribution in [-0.4, -0.2) is 91.5 Å². The minimum Gasteiger partial charge on any atom is -0.347 e. The van der Waals surface area contributed by atoms with E-state index in [0.717, 1.165) is 39.3 Å². The fourth-order valence-corrected chi connectivity index (χ4v) is 3.33. The minimum atomic E-state index is -2.86. The van der Waals surface area contributed by atoms with E-state index in [1.165, 1.54) is 0 Å². The first-order valence-corrected chi connectivity index (χ1v) is 9.17. The summed E-state index contributed by atoms with van der Waals surface area (Å²) in [5.74, 6) is -3.41. The van der Waals surface area contributed by atoms with E-state index in [0.29, 0.717) is 19.5 Å². The topological polar surface area (TPSA) is 38.8 Å². The number of hydrogen-bond donors (Lipinski definition) is 1. The summed E-state index contributed by atoms with van der Waals surface area (Å²) < 4.78 is 28.7. The normalized spacial score (nSPS) is 26.7. The van der Waals surface area contributed by atoms with E-state index >= 15 is 0 Å². The van der Waals surface area contributed by atoms with Gasteiger partial charge in [0.1, 0.15) is 0 Å². The number of piperazine rings is 1. The molecule has 1 unspecified atom stereocenters. The van der Waals surface area contributed by atoms with Crippen LogP contribution < -0.4 is 5.32 Å². The first-order chi connectivity index (χ1) is 11.3. The Labute approximate surface area is 144 Å². The average molecular weight is 346 g/mol. The van der Waals surface area contributed by atoms with Crippen molar-refractivity contribution >= 4 is 5.91 Å². The highest BCUT2D eigenvalue weighted by Crippen LogP contribution is 2.27. The molecule has 2 saturated heterocycles. The van der Waals surface area contributed by atoms with Crippen LogP contribution in [0.4, 0.5) is 8.78 Å². The van der Waals surface area contributed by atoms with Crippen molar-refractivity contribution in [3.63, 3.8) is 0 Å². The molecule has 1 N–H and O–H groups in total. The Morgan fingerprint density at radius 1 is 1.08 bits per heavy atom. The minimum absolute atomic E-state index is 0.259. The molecule has 2 fully saturated rings. The summed E-state index contributed by atoms with van der Waals surface area (Å²) in [5, 5.41) is 2.51. The lowest BCUT2D eigenvalue weighted by Gasteiger charge is -2.40. The van der Waals surface area contributed by atoms with Crippen molar-refractivity contribution in [3.8, 4) is 0 Å². The third-order valence-corrected chi connectivity index (χ3v) is 5.16. The standard InChI is InChI=1S/C17H32F2N4O/c1-4-21-7-9-22(10-8-21)11-12-23-6-5-15(17(18,19)13-23)20-16(24)14(2)3/h14-15H,4-13H2,1-3H3,(H,20,24). The van der Waals surface area contributed by atoms with Crippen LogP contribution in [0.25, 0.3) is 0 Å². The molecule has 0 bridgehead atoms. The zero-order valence-corrected chi connectivity index (χ0v) is 15.2. The van der Waals surface area contributed by atoms with Crippen molar-refractivity contribution in [2.75, 3.05) is 58.9 Å². The Morgan fingerprint density at radius 2 is 1.67 bits per heavy atom. The Hall–Kier alpha value is -0.790. The monoisotopic (exact) mass is 346 g/mol. The molecule has 0 spiro atoms. The molecule has 7 heteroatoms. The van der Waals surface area contributed by atoms with Gasteiger partial charge in [0.05, 0.1) is 12.6 Å². The van der Waals surface area contributed by atoms with Gasteiger partial charge >= 0.3 is 0 Å². The molecule has 0 aromatic heterocycles. The highest BCUT2D eigenvalue weighted by atomic mass is 19.3. The summed E-state index contributed by atoms with van der Waals surface area (Å²) in [6.45, 7) is 12.7. The molecule has 2 aliphatic rings. The molecular formula is C17H32F2N4O. The molecule has 2 heterocycles. The number of nitrogens with one attached hydrogen (secondary N) is 1. The number of likely N-dealkylation sites (N-methyl/N-ethyl adjacent to an activating group) is 1. The predicted octanol–water partition coefficient (Wildman–Crippen LogP) is 1.11. The van der Waals surface area contributed by atoms with Gasteiger partial charge in [0.15, 0.2) is 0 Å². The lowest BCUT2D eigenvalue weighted by atomic mass is 9.99. The largest absolute Gasteiger partial charge is 0.347 e. The number of alkyl halides is 2. The van der Waals surface area contributed by atoms with Gasteiger partial charge in [-0.3, -0.25) is 14.6 Å². The van der Waals surface area contributed by atoms with Crippen LogP contribution in [0.5, 0.6) is 0 Å². The van der Waals surface area contributed by atoms with E-state index < -0.39 is 12.0 Å². The highest BCUT2D eigenvalue weighted by molar-refractivity contribution is 5.78. The van der Waals surface area contributed by atoms with Gasteiger partial charge in [0, 0.05) is 51.7 Å². The van der Waals surface area contributed by atoms with Gasteiger partial charge in [0.2, 0.25) is 5.91 Å². The van der Waals surface area contributed by atoms with Gasteiger partial charge < -0.3 is 10.2 Å². The number of amides is 1. The van der Waals surface area contributed by atoms with Crippen molar-refractivity contribution in [1.82, 2.24) is 20.0 Å². The second-order valence-corrected chi connectivity index (χ2v) is 7.32. The number of piperidine rings is 1. The molecule has 0 radical (unpaired) electrons. The number of hydrogen-bond acceptors (Lipinski definition) is 4.